The van der Waals surface area contributed by atoms with Gasteiger partial charge in [0.25, 0.3) is 5.56 Å². The average molecular weight is 550 g/mol. The second-order valence-electron chi connectivity index (χ2n) is 9.48. The second kappa shape index (κ2) is 8.98. The van der Waals surface area contributed by atoms with Crippen molar-refractivity contribution in [3.63, 3.8) is 0 Å². The average Bonchev–Trinajstić information content (AvgIpc) is 3.06. The number of carbonyl (C=O) groups excluding carboxylic acids is 1. The third kappa shape index (κ3) is 5.42. The standard InChI is InChI=1S/C23H25N4O3.F5P.FH/c1-6-30-23(29)18-13(2)24-26-21(18)16-9-7-8-15-19(16)17(22(26)28)10-14-11-27(4,5)12-25(3)20(14)15;1-6(2,3,4)5;/h7-10H,6,11-12H2,1-5H3;;1H/q+1;;/p-1. The largest absolute Gasteiger partial charge is 1.00 e. The summed E-state index contributed by atoms with van der Waals surface area (Å²) in [5, 5.41) is 7.84. The van der Waals surface area contributed by atoms with Gasteiger partial charge in [-0.25, -0.2) is 4.79 Å². The molecule has 3 heterocycles. The normalized spacial score (nSPS) is 15.9. The third-order valence-electron chi connectivity index (χ3n) is 6.00. The van der Waals surface area contributed by atoms with Crippen LogP contribution < -0.4 is 15.2 Å². The Morgan fingerprint density at radius 2 is 1.73 bits per heavy atom. The number of esters is 1. The maximum atomic E-state index is 13.5. The van der Waals surface area contributed by atoms with Crippen LogP contribution in [0.5, 0.6) is 0 Å². The number of nitrogens with zero attached hydrogens (tertiary/aromatic N) is 4. The zero-order valence-corrected chi connectivity index (χ0v) is 21.6. The molecule has 7 nitrogen and oxygen atoms in total. The predicted molar refractivity (Wildman–Crippen MR) is 130 cm³/mol. The fraction of sp³-hybridized carbons (Fsp3) is 0.348. The SMILES string of the molecule is CCOC(=O)c1c(C)nn2c(=O)c3cc4c(c5cccc(c53)c12)N(C)C[N+](C)(C)C4.FP(F)(F)(F)F.[F-]. The third-order valence-corrected chi connectivity index (χ3v) is 6.00. The van der Waals surface area contributed by atoms with Crippen LogP contribution >= 0.6 is 8.16 Å². The van der Waals surface area contributed by atoms with Crippen molar-refractivity contribution < 1.29 is 39.7 Å². The van der Waals surface area contributed by atoms with E-state index < -0.39 is 14.1 Å². The van der Waals surface area contributed by atoms with Crippen molar-refractivity contribution in [2.75, 3.05) is 39.3 Å². The molecule has 37 heavy (non-hydrogen) atoms. The van der Waals surface area contributed by atoms with Gasteiger partial charge in [-0.2, -0.15) is 9.61 Å². The Labute approximate surface area is 207 Å². The minimum Gasteiger partial charge on any atom is -1.00 e. The number of carbonyl (C=O) groups is 1. The van der Waals surface area contributed by atoms with Crippen LogP contribution in [0.4, 0.5) is 26.7 Å². The van der Waals surface area contributed by atoms with Crippen molar-refractivity contribution in [3.8, 4) is 0 Å². The molecule has 0 N–H and O–H groups in total. The number of hydrogen-bond acceptors (Lipinski definition) is 5. The van der Waals surface area contributed by atoms with Crippen LogP contribution in [0.15, 0.2) is 29.1 Å². The van der Waals surface area contributed by atoms with Gasteiger partial charge in [0.2, 0.25) is 0 Å². The van der Waals surface area contributed by atoms with E-state index in [2.05, 4.69) is 37.2 Å². The van der Waals surface area contributed by atoms with Crippen LogP contribution in [0, 0.1) is 6.92 Å². The van der Waals surface area contributed by atoms with E-state index in [0.29, 0.717) is 22.2 Å². The van der Waals surface area contributed by atoms with E-state index >= 15 is 0 Å². The number of pyridine rings is 1. The molecule has 0 unspecified atom stereocenters. The van der Waals surface area contributed by atoms with E-state index in [9.17, 15) is 30.6 Å². The molecule has 0 radical (unpaired) electrons. The first kappa shape index (κ1) is 28.4. The van der Waals surface area contributed by atoms with Crippen molar-refractivity contribution in [3.05, 3.63) is 51.4 Å². The molecule has 0 amide bonds. The summed E-state index contributed by atoms with van der Waals surface area (Å²) in [6.07, 6.45) is 0. The van der Waals surface area contributed by atoms with E-state index in [-0.39, 0.29) is 16.9 Å². The Balaban J connectivity index is 0.000000489. The van der Waals surface area contributed by atoms with Crippen LogP contribution in [-0.2, 0) is 11.3 Å². The number of anilines is 1. The van der Waals surface area contributed by atoms with Gasteiger partial charge in [-0.05, 0) is 19.9 Å². The van der Waals surface area contributed by atoms with Crippen molar-refractivity contribution in [2.45, 2.75) is 20.4 Å². The Morgan fingerprint density at radius 3 is 2.32 bits per heavy atom. The smallest absolute Gasteiger partial charge is 1.00 e. The first-order valence-electron chi connectivity index (χ1n) is 11.0. The Bertz CT molecular complexity index is 1570. The van der Waals surface area contributed by atoms with Crippen LogP contribution in [0.2, 0.25) is 0 Å². The topological polar surface area (TPSA) is 63.9 Å². The van der Waals surface area contributed by atoms with E-state index in [0.717, 1.165) is 45.1 Å². The summed E-state index contributed by atoms with van der Waals surface area (Å²) in [7, 11) is -2.08. The fourth-order valence-corrected chi connectivity index (χ4v) is 5.11. The van der Waals surface area contributed by atoms with E-state index in [1.165, 1.54) is 4.52 Å². The molecule has 0 saturated carbocycles. The molecule has 5 rings (SSSR count). The summed E-state index contributed by atoms with van der Waals surface area (Å²) in [6, 6.07) is 8.03. The summed E-state index contributed by atoms with van der Waals surface area (Å²) in [4.78, 5) is 28.5. The van der Waals surface area contributed by atoms with Crippen LogP contribution in [0.25, 0.3) is 27.1 Å². The first-order valence-corrected chi connectivity index (χ1v) is 12.7. The molecule has 0 fully saturated rings. The quantitative estimate of drug-likeness (QED) is 0.166. The van der Waals surface area contributed by atoms with Gasteiger partial charge in [0.1, 0.15) is 12.1 Å². The summed E-state index contributed by atoms with van der Waals surface area (Å²) in [5.41, 5.74) is 3.51. The number of rotatable bonds is 2. The van der Waals surface area contributed by atoms with Gasteiger partial charge in [0, 0.05) is 28.8 Å². The van der Waals surface area contributed by atoms with Crippen molar-refractivity contribution >= 4 is 46.9 Å². The number of fused-ring (bicyclic) bond motifs is 4. The number of ether oxygens (including phenoxy) is 1. The van der Waals surface area contributed by atoms with Crippen LogP contribution in [-0.4, -0.2) is 54.5 Å². The molecular formula is C23H25F6N4O3P. The summed E-state index contributed by atoms with van der Waals surface area (Å²) < 4.78 is 56.7. The second-order valence-corrected chi connectivity index (χ2v) is 10.8. The molecule has 1 aliphatic heterocycles. The minimum absolute atomic E-state index is 0. The molecule has 2 aromatic heterocycles. The van der Waals surface area contributed by atoms with Crippen LogP contribution in [0.1, 0.15) is 28.5 Å². The molecular weight excluding hydrogens is 525 g/mol. The van der Waals surface area contributed by atoms with Gasteiger partial charge in [-0.15, -0.1) is 0 Å². The summed E-state index contributed by atoms with van der Waals surface area (Å²) in [6.45, 7) is 5.51. The van der Waals surface area contributed by atoms with Crippen molar-refractivity contribution in [1.29, 1.82) is 0 Å². The van der Waals surface area contributed by atoms with E-state index in [4.69, 9.17) is 4.74 Å². The molecule has 0 atom stereocenters. The van der Waals surface area contributed by atoms with Gasteiger partial charge in [0.05, 0.1) is 43.0 Å². The maximum Gasteiger partial charge on any atom is -1.00 e. The maximum absolute atomic E-state index is 13.5. The molecule has 2 aromatic carbocycles. The number of benzene rings is 2. The molecule has 4 aromatic rings. The summed E-state index contributed by atoms with van der Waals surface area (Å²) in [5.74, 6) is -0.446. The monoisotopic (exact) mass is 550 g/mol. The molecule has 0 aliphatic carbocycles. The molecule has 1 aliphatic rings. The Kier molecular flexibility index (Phi) is 6.89. The first-order chi connectivity index (χ1) is 16.5. The number of aromatic nitrogens is 2. The molecule has 202 valence electrons. The van der Waals surface area contributed by atoms with E-state index in [1.54, 1.807) is 13.8 Å². The van der Waals surface area contributed by atoms with Gasteiger partial charge >= 0.3 is 35.1 Å². The van der Waals surface area contributed by atoms with Crippen molar-refractivity contribution in [2.24, 2.45) is 0 Å². The molecule has 0 spiro atoms. The zero-order chi connectivity index (χ0) is 26.8. The van der Waals surface area contributed by atoms with Gasteiger partial charge in [-0.3, -0.25) is 4.79 Å². The predicted octanol–water partition coefficient (Wildman–Crippen LogP) is 2.87. The van der Waals surface area contributed by atoms with Gasteiger partial charge in [-0.1, -0.05) is 18.2 Å². The fourth-order valence-electron chi connectivity index (χ4n) is 5.11. The zero-order valence-electron chi connectivity index (χ0n) is 20.7. The molecule has 14 heteroatoms. The van der Waals surface area contributed by atoms with Crippen molar-refractivity contribution in [1.82, 2.24) is 9.61 Å². The number of quaternary nitrogens is 1. The molecule has 0 saturated heterocycles. The summed E-state index contributed by atoms with van der Waals surface area (Å²) >= 11 is 0. The number of halogens is 6. The Morgan fingerprint density at radius 1 is 1.14 bits per heavy atom. The minimum atomic E-state index is -8.55. The Hall–Kier alpha value is -3.18. The molecule has 0 bridgehead atoms. The number of aryl methyl sites for hydroxylation is 1. The van der Waals surface area contributed by atoms with Gasteiger partial charge in [0.15, 0.2) is 6.67 Å². The van der Waals surface area contributed by atoms with Gasteiger partial charge < -0.3 is 18.8 Å². The number of hydrogen-bond donors (Lipinski definition) is 0. The van der Waals surface area contributed by atoms with Crippen LogP contribution in [0.3, 0.4) is 0 Å². The van der Waals surface area contributed by atoms with E-state index in [1.807, 2.05) is 18.2 Å².